The summed E-state index contributed by atoms with van der Waals surface area (Å²) in [6, 6.07) is 3.71. The van der Waals surface area contributed by atoms with Crippen molar-refractivity contribution in [2.45, 2.75) is 25.4 Å². The van der Waals surface area contributed by atoms with Gasteiger partial charge in [-0.1, -0.05) is 0 Å². The van der Waals surface area contributed by atoms with Crippen LogP contribution in [0.4, 0.5) is 0 Å². The van der Waals surface area contributed by atoms with E-state index in [2.05, 4.69) is 4.98 Å². The summed E-state index contributed by atoms with van der Waals surface area (Å²) in [5.74, 6) is 1.32. The van der Waals surface area contributed by atoms with Gasteiger partial charge in [-0.15, -0.1) is 11.6 Å². The molecule has 0 spiro atoms. The van der Waals surface area contributed by atoms with E-state index in [-0.39, 0.29) is 6.10 Å². The summed E-state index contributed by atoms with van der Waals surface area (Å²) < 4.78 is 5.00. The number of nitrogens with zero attached hydrogens (tertiary/aromatic N) is 1. The van der Waals surface area contributed by atoms with Crippen molar-refractivity contribution in [3.63, 3.8) is 0 Å². The molecule has 1 aromatic heterocycles. The van der Waals surface area contributed by atoms with E-state index < -0.39 is 0 Å². The summed E-state index contributed by atoms with van der Waals surface area (Å²) in [6.45, 7) is 0. The van der Waals surface area contributed by atoms with Crippen LogP contribution in [0.3, 0.4) is 0 Å². The molecule has 0 saturated carbocycles. The van der Waals surface area contributed by atoms with Crippen LogP contribution in [0.1, 0.15) is 18.5 Å². The number of hydrogen-bond donors (Lipinski definition) is 1. The lowest BCUT2D eigenvalue weighted by Crippen LogP contribution is -2.11. The monoisotopic (exact) mass is 229 g/mol. The van der Waals surface area contributed by atoms with Crippen LogP contribution in [0.25, 0.3) is 0 Å². The van der Waals surface area contributed by atoms with Gasteiger partial charge in [0.2, 0.25) is 0 Å². The van der Waals surface area contributed by atoms with Gasteiger partial charge in [0.1, 0.15) is 5.75 Å². The van der Waals surface area contributed by atoms with E-state index in [1.165, 1.54) is 0 Å². The fourth-order valence-electron chi connectivity index (χ4n) is 1.31. The predicted molar refractivity (Wildman–Crippen MR) is 60.5 cm³/mol. The Balaban J connectivity index is 2.42. The summed E-state index contributed by atoms with van der Waals surface area (Å²) in [5, 5.41) is 9.63. The van der Waals surface area contributed by atoms with Crippen LogP contribution >= 0.6 is 11.6 Å². The number of halogens is 1. The van der Waals surface area contributed by atoms with Gasteiger partial charge in [0.05, 0.1) is 19.4 Å². The molecule has 0 amide bonds. The van der Waals surface area contributed by atoms with Gasteiger partial charge in [0.15, 0.2) is 0 Å². The van der Waals surface area contributed by atoms with Crippen molar-refractivity contribution in [3.8, 4) is 5.75 Å². The molecule has 0 fully saturated rings. The van der Waals surface area contributed by atoms with Gasteiger partial charge in [-0.2, -0.15) is 0 Å². The maximum atomic E-state index is 9.63. The summed E-state index contributed by atoms with van der Waals surface area (Å²) in [4.78, 5) is 4.18. The van der Waals surface area contributed by atoms with E-state index in [1.807, 2.05) is 12.1 Å². The Hall–Kier alpha value is -0.800. The van der Waals surface area contributed by atoms with Gasteiger partial charge >= 0.3 is 0 Å². The Morgan fingerprint density at radius 1 is 1.53 bits per heavy atom. The first kappa shape index (κ1) is 12.3. The molecule has 0 aliphatic carbocycles. The number of aliphatic hydroxyl groups excluding tert-OH is 1. The number of aromatic nitrogens is 1. The Labute approximate surface area is 95.1 Å². The lowest BCUT2D eigenvalue weighted by atomic mass is 10.1. The molecule has 1 aromatic rings. The highest BCUT2D eigenvalue weighted by atomic mass is 35.5. The van der Waals surface area contributed by atoms with Gasteiger partial charge in [-0.25, -0.2) is 0 Å². The molecule has 15 heavy (non-hydrogen) atoms. The maximum absolute atomic E-state index is 9.63. The van der Waals surface area contributed by atoms with Crippen molar-refractivity contribution in [1.29, 1.82) is 0 Å². The van der Waals surface area contributed by atoms with Crippen molar-refractivity contribution in [2.24, 2.45) is 0 Å². The summed E-state index contributed by atoms with van der Waals surface area (Å²) >= 11 is 5.54. The van der Waals surface area contributed by atoms with Gasteiger partial charge in [0, 0.05) is 18.0 Å². The Morgan fingerprint density at radius 3 is 2.87 bits per heavy atom. The maximum Gasteiger partial charge on any atom is 0.137 e. The zero-order valence-corrected chi connectivity index (χ0v) is 9.57. The molecular weight excluding hydrogens is 214 g/mol. The molecule has 1 N–H and O–H groups in total. The van der Waals surface area contributed by atoms with Crippen molar-refractivity contribution in [3.05, 3.63) is 24.0 Å². The fourth-order valence-corrected chi connectivity index (χ4v) is 1.46. The Kier molecular flexibility index (Phi) is 5.43. The van der Waals surface area contributed by atoms with Gasteiger partial charge in [0.25, 0.3) is 0 Å². The van der Waals surface area contributed by atoms with Crippen LogP contribution in [0.5, 0.6) is 5.75 Å². The lowest BCUT2D eigenvalue weighted by Gasteiger charge is -2.09. The second-order valence-electron chi connectivity index (χ2n) is 3.38. The Morgan fingerprint density at radius 2 is 2.33 bits per heavy atom. The second kappa shape index (κ2) is 6.64. The first-order chi connectivity index (χ1) is 7.26. The molecule has 1 atom stereocenters. The molecule has 0 unspecified atom stereocenters. The topological polar surface area (TPSA) is 42.4 Å². The summed E-state index contributed by atoms with van der Waals surface area (Å²) in [5.41, 5.74) is 0.873. The molecule has 1 rings (SSSR count). The third kappa shape index (κ3) is 4.49. The zero-order valence-electron chi connectivity index (χ0n) is 8.82. The lowest BCUT2D eigenvalue weighted by molar-refractivity contribution is 0.163. The number of ether oxygens (including phenoxy) is 1. The second-order valence-corrected chi connectivity index (χ2v) is 3.76. The molecule has 0 bridgehead atoms. The van der Waals surface area contributed by atoms with E-state index in [4.69, 9.17) is 16.3 Å². The highest BCUT2D eigenvalue weighted by Gasteiger charge is 2.06. The fraction of sp³-hybridized carbons (Fsp3) is 0.545. The van der Waals surface area contributed by atoms with E-state index >= 15 is 0 Å². The molecule has 1 heterocycles. The normalized spacial score (nSPS) is 12.5. The third-order valence-electron chi connectivity index (χ3n) is 2.15. The van der Waals surface area contributed by atoms with E-state index in [0.29, 0.717) is 12.3 Å². The highest BCUT2D eigenvalue weighted by molar-refractivity contribution is 6.17. The molecule has 0 aliphatic heterocycles. The zero-order chi connectivity index (χ0) is 11.1. The molecule has 0 aromatic carbocycles. The smallest absolute Gasteiger partial charge is 0.137 e. The quantitative estimate of drug-likeness (QED) is 0.759. The van der Waals surface area contributed by atoms with Crippen LogP contribution in [-0.2, 0) is 6.42 Å². The van der Waals surface area contributed by atoms with E-state index in [9.17, 15) is 5.11 Å². The number of alkyl halides is 1. The van der Waals surface area contributed by atoms with Crippen molar-refractivity contribution < 1.29 is 9.84 Å². The standard InChI is InChI=1S/C11H16ClNO2/c1-15-11-5-4-9(13-8-11)7-10(14)3-2-6-12/h4-5,8,10,14H,2-3,6-7H2,1H3/t10-/m0/s1. The first-order valence-corrected chi connectivity index (χ1v) is 5.52. The molecule has 0 radical (unpaired) electrons. The average molecular weight is 230 g/mol. The number of rotatable bonds is 6. The van der Waals surface area contributed by atoms with Gasteiger partial charge < -0.3 is 9.84 Å². The van der Waals surface area contributed by atoms with Crippen LogP contribution in [0, 0.1) is 0 Å². The number of aliphatic hydroxyl groups is 1. The SMILES string of the molecule is COc1ccc(C[C@@H](O)CCCCl)nc1. The molecule has 4 heteroatoms. The van der Waals surface area contributed by atoms with Crippen molar-refractivity contribution in [2.75, 3.05) is 13.0 Å². The van der Waals surface area contributed by atoms with E-state index in [0.717, 1.165) is 24.3 Å². The predicted octanol–water partition coefficient (Wildman–Crippen LogP) is 2.01. The average Bonchev–Trinajstić information content (AvgIpc) is 2.27. The minimum Gasteiger partial charge on any atom is -0.495 e. The minimum atomic E-state index is -0.357. The van der Waals surface area contributed by atoms with Crippen LogP contribution in [0.2, 0.25) is 0 Å². The largest absolute Gasteiger partial charge is 0.495 e. The molecule has 84 valence electrons. The molecular formula is C11H16ClNO2. The third-order valence-corrected chi connectivity index (χ3v) is 2.42. The Bertz CT molecular complexity index is 276. The van der Waals surface area contributed by atoms with Gasteiger partial charge in [-0.3, -0.25) is 4.98 Å². The number of methoxy groups -OCH3 is 1. The molecule has 0 aliphatic rings. The summed E-state index contributed by atoms with van der Waals surface area (Å²) in [6.07, 6.45) is 3.42. The van der Waals surface area contributed by atoms with Crippen LogP contribution in [-0.4, -0.2) is 29.2 Å². The van der Waals surface area contributed by atoms with Crippen molar-refractivity contribution in [1.82, 2.24) is 4.98 Å². The highest BCUT2D eigenvalue weighted by Crippen LogP contribution is 2.11. The van der Waals surface area contributed by atoms with Crippen molar-refractivity contribution >= 4 is 11.6 Å². The number of pyridine rings is 1. The number of hydrogen-bond acceptors (Lipinski definition) is 3. The van der Waals surface area contributed by atoms with E-state index in [1.54, 1.807) is 13.3 Å². The van der Waals surface area contributed by atoms with Crippen LogP contribution < -0.4 is 4.74 Å². The molecule has 0 saturated heterocycles. The molecule has 3 nitrogen and oxygen atoms in total. The minimum absolute atomic E-state index is 0.357. The first-order valence-electron chi connectivity index (χ1n) is 4.99. The van der Waals surface area contributed by atoms with Crippen LogP contribution in [0.15, 0.2) is 18.3 Å². The van der Waals surface area contributed by atoms with Gasteiger partial charge in [-0.05, 0) is 25.0 Å². The summed E-state index contributed by atoms with van der Waals surface area (Å²) in [7, 11) is 1.60.